The van der Waals surface area contributed by atoms with Crippen LogP contribution < -0.4 is 11.1 Å². The van der Waals surface area contributed by atoms with Gasteiger partial charge < -0.3 is 25.6 Å². The lowest BCUT2D eigenvalue weighted by Crippen LogP contribution is -2.53. The van der Waals surface area contributed by atoms with Gasteiger partial charge in [0.1, 0.15) is 11.6 Å². The number of rotatable bonds is 8. The van der Waals surface area contributed by atoms with Crippen molar-refractivity contribution in [1.82, 2.24) is 20.4 Å². The van der Waals surface area contributed by atoms with Gasteiger partial charge in [-0.25, -0.2) is 8.78 Å². The van der Waals surface area contributed by atoms with E-state index in [2.05, 4.69) is 69.7 Å². The number of aliphatic carboxylic acids is 1. The van der Waals surface area contributed by atoms with Crippen molar-refractivity contribution in [2.75, 3.05) is 25.4 Å². The van der Waals surface area contributed by atoms with Crippen molar-refractivity contribution in [3.8, 4) is 22.5 Å². The van der Waals surface area contributed by atoms with Gasteiger partial charge in [0.15, 0.2) is 11.5 Å². The first-order chi connectivity index (χ1) is 24.7. The lowest BCUT2D eigenvalue weighted by Gasteiger charge is -2.36. The smallest absolute Gasteiger partial charge is 0.309 e. The number of likely N-dealkylation sites (tertiary alicyclic amines) is 1. The molecule has 1 amide bonds. The Kier molecular flexibility index (Phi) is 9.64. The van der Waals surface area contributed by atoms with E-state index >= 15 is 0 Å². The SMILES string of the molecule is C[C@H](c1ccccn1)c1ccc2c(c1N)Cc1ccccc1-2.O=C(N[C@H]1CCN(CC2CC2)C[C@@H]1C(=O)O)c1cc(-c2ccc(F)cc2F)on1. The molecular formula is C40H39F2N5O4. The van der Waals surface area contributed by atoms with Gasteiger partial charge in [-0.2, -0.15) is 0 Å². The molecule has 3 heterocycles. The summed E-state index contributed by atoms with van der Waals surface area (Å²) in [5.41, 5.74) is 14.8. The van der Waals surface area contributed by atoms with Crippen LogP contribution in [-0.2, 0) is 11.2 Å². The summed E-state index contributed by atoms with van der Waals surface area (Å²) in [5.74, 6) is -2.96. The summed E-state index contributed by atoms with van der Waals surface area (Å²) < 4.78 is 32.0. The predicted octanol–water partition coefficient (Wildman–Crippen LogP) is 6.92. The molecule has 1 saturated heterocycles. The number of carbonyl (C=O) groups is 2. The van der Waals surface area contributed by atoms with E-state index in [1.165, 1.54) is 52.8 Å². The first-order valence-corrected chi connectivity index (χ1v) is 17.2. The van der Waals surface area contributed by atoms with Crippen LogP contribution in [0.3, 0.4) is 0 Å². The van der Waals surface area contributed by atoms with Crippen LogP contribution in [0.2, 0.25) is 0 Å². The van der Waals surface area contributed by atoms with Crippen LogP contribution in [0, 0.1) is 23.5 Å². The summed E-state index contributed by atoms with van der Waals surface area (Å²) in [6.07, 6.45) is 5.67. The summed E-state index contributed by atoms with van der Waals surface area (Å²) >= 11 is 0. The summed E-state index contributed by atoms with van der Waals surface area (Å²) in [4.78, 5) is 30.9. The topological polar surface area (TPSA) is 135 Å². The van der Waals surface area contributed by atoms with E-state index < -0.39 is 35.5 Å². The van der Waals surface area contributed by atoms with E-state index in [9.17, 15) is 23.5 Å². The molecule has 51 heavy (non-hydrogen) atoms. The van der Waals surface area contributed by atoms with Crippen LogP contribution in [0.5, 0.6) is 0 Å². The Bertz CT molecular complexity index is 2070. The number of benzene rings is 3. The van der Waals surface area contributed by atoms with Crippen molar-refractivity contribution in [2.24, 2.45) is 11.8 Å². The number of nitrogen functional groups attached to an aromatic ring is 1. The minimum absolute atomic E-state index is 0.0123. The predicted molar refractivity (Wildman–Crippen MR) is 189 cm³/mol. The molecule has 4 N–H and O–H groups in total. The standard InChI is InChI=1S/C20H21F2N3O4.C20H18N2/c21-12-3-4-13(15(22)7-12)18-8-17(24-29-18)19(26)23-16-5-6-25(9-11-1-2-11)10-14(16)20(27)28;1-13(19-8-4-5-11-22-19)15-9-10-17-16-7-3-2-6-14(16)12-18(17)20(15)21/h3-4,7-8,11,14,16H,1-2,5-6,9-10H2,(H,23,26)(H,27,28);2-11,13H,12,21H2,1H3/t14-,16-;13-/m00/s1. The number of hydrogen-bond donors (Lipinski definition) is 3. The van der Waals surface area contributed by atoms with E-state index in [-0.39, 0.29) is 22.9 Å². The highest BCUT2D eigenvalue weighted by Gasteiger charge is 2.37. The number of aromatic nitrogens is 2. The molecule has 8 rings (SSSR count). The van der Waals surface area contributed by atoms with E-state index in [4.69, 9.17) is 10.3 Å². The Balaban J connectivity index is 0.000000165. The van der Waals surface area contributed by atoms with Gasteiger partial charge >= 0.3 is 5.97 Å². The lowest BCUT2D eigenvalue weighted by atomic mass is 9.91. The minimum Gasteiger partial charge on any atom is -0.481 e. The van der Waals surface area contributed by atoms with E-state index in [1.54, 1.807) is 0 Å². The number of amides is 1. The molecular weight excluding hydrogens is 652 g/mol. The molecule has 3 atom stereocenters. The van der Waals surface area contributed by atoms with Crippen molar-refractivity contribution < 1.29 is 28.0 Å². The molecule has 3 aliphatic rings. The van der Waals surface area contributed by atoms with Gasteiger partial charge in [0.05, 0.1) is 11.5 Å². The zero-order valence-electron chi connectivity index (χ0n) is 28.2. The Morgan fingerprint density at radius 3 is 2.53 bits per heavy atom. The molecule has 5 aromatic rings. The van der Waals surface area contributed by atoms with Gasteiger partial charge in [-0.3, -0.25) is 14.6 Å². The number of nitrogens with one attached hydrogen (secondary N) is 1. The Morgan fingerprint density at radius 1 is 1.00 bits per heavy atom. The molecule has 9 nitrogen and oxygen atoms in total. The van der Waals surface area contributed by atoms with Crippen molar-refractivity contribution in [3.05, 3.63) is 125 Å². The number of fused-ring (bicyclic) bond motifs is 3. The van der Waals surface area contributed by atoms with Crippen LogP contribution in [-0.4, -0.2) is 57.7 Å². The molecule has 0 spiro atoms. The van der Waals surface area contributed by atoms with E-state index in [0.717, 1.165) is 37.0 Å². The van der Waals surface area contributed by atoms with Gasteiger partial charge in [-0.05, 0) is 77.3 Å². The van der Waals surface area contributed by atoms with Gasteiger partial charge in [-0.1, -0.05) is 54.5 Å². The average molecular weight is 692 g/mol. The molecule has 2 fully saturated rings. The fourth-order valence-electron chi connectivity index (χ4n) is 7.14. The third-order valence-electron chi connectivity index (χ3n) is 10.1. The molecule has 11 heteroatoms. The third-order valence-corrected chi connectivity index (χ3v) is 10.1. The number of hydrogen-bond acceptors (Lipinski definition) is 7. The van der Waals surface area contributed by atoms with Crippen molar-refractivity contribution in [1.29, 1.82) is 0 Å². The number of pyridine rings is 1. The summed E-state index contributed by atoms with van der Waals surface area (Å²) in [5, 5.41) is 16.0. The van der Waals surface area contributed by atoms with Crippen molar-refractivity contribution >= 4 is 17.6 Å². The van der Waals surface area contributed by atoms with Crippen molar-refractivity contribution in [3.63, 3.8) is 0 Å². The summed E-state index contributed by atoms with van der Waals surface area (Å²) in [7, 11) is 0. The number of carbonyl (C=O) groups excluding carboxylic acids is 1. The molecule has 0 bridgehead atoms. The fourth-order valence-corrected chi connectivity index (χ4v) is 7.14. The Hall–Kier alpha value is -5.42. The maximum Gasteiger partial charge on any atom is 0.309 e. The number of carboxylic acid groups (broad SMARTS) is 1. The van der Waals surface area contributed by atoms with E-state index in [1.807, 2.05) is 18.3 Å². The largest absolute Gasteiger partial charge is 0.481 e. The van der Waals surface area contributed by atoms with E-state index in [0.29, 0.717) is 24.9 Å². The van der Waals surface area contributed by atoms with Crippen LogP contribution in [0.1, 0.15) is 65.0 Å². The van der Waals surface area contributed by atoms with Gasteiger partial charge in [-0.15, -0.1) is 0 Å². The highest BCUT2D eigenvalue weighted by Crippen LogP contribution is 2.42. The van der Waals surface area contributed by atoms with Crippen LogP contribution in [0.4, 0.5) is 14.5 Å². The molecule has 0 radical (unpaired) electrons. The quantitative estimate of drug-likeness (QED) is 0.147. The fraction of sp³-hybridized carbons (Fsp3) is 0.300. The lowest BCUT2D eigenvalue weighted by molar-refractivity contribution is -0.144. The monoisotopic (exact) mass is 691 g/mol. The highest BCUT2D eigenvalue weighted by molar-refractivity contribution is 5.93. The summed E-state index contributed by atoms with van der Waals surface area (Å²) in [6, 6.07) is 22.7. The second-order valence-corrected chi connectivity index (χ2v) is 13.6. The van der Waals surface area contributed by atoms with Crippen LogP contribution in [0.15, 0.2) is 89.6 Å². The van der Waals surface area contributed by atoms with Gasteiger partial charge in [0.2, 0.25) is 0 Å². The van der Waals surface area contributed by atoms with Crippen molar-refractivity contribution in [2.45, 2.75) is 44.6 Å². The molecule has 1 aliphatic heterocycles. The zero-order chi connectivity index (χ0) is 35.6. The zero-order valence-corrected chi connectivity index (χ0v) is 28.2. The van der Waals surface area contributed by atoms with Gasteiger partial charge in [0, 0.05) is 67.7 Å². The second-order valence-electron chi connectivity index (χ2n) is 13.6. The third kappa shape index (κ3) is 7.39. The number of piperidine rings is 1. The number of nitrogens with two attached hydrogens (primary N) is 1. The van der Waals surface area contributed by atoms with Crippen LogP contribution in [0.25, 0.3) is 22.5 Å². The first-order valence-electron chi connectivity index (χ1n) is 17.2. The number of carboxylic acids is 1. The Morgan fingerprint density at radius 2 is 1.78 bits per heavy atom. The van der Waals surface area contributed by atoms with Gasteiger partial charge in [0.25, 0.3) is 5.91 Å². The average Bonchev–Trinajstić information content (AvgIpc) is 3.65. The molecule has 3 aromatic carbocycles. The summed E-state index contributed by atoms with van der Waals surface area (Å²) in [6.45, 7) is 4.18. The number of anilines is 1. The maximum absolute atomic E-state index is 13.9. The number of halogens is 2. The molecule has 262 valence electrons. The second kappa shape index (κ2) is 14.4. The minimum atomic E-state index is -0.954. The Labute approximate surface area is 294 Å². The molecule has 2 aliphatic carbocycles. The molecule has 0 unspecified atom stereocenters. The maximum atomic E-state index is 13.9. The van der Waals surface area contributed by atoms with Crippen LogP contribution >= 0.6 is 0 Å². The number of nitrogens with zero attached hydrogens (tertiary/aromatic N) is 3. The molecule has 2 aromatic heterocycles. The molecule has 1 saturated carbocycles. The highest BCUT2D eigenvalue weighted by atomic mass is 19.1. The normalized spacial score (nSPS) is 18.6. The first kappa shape index (κ1) is 34.0.